The largest absolute Gasteiger partial charge is 0.305 e. The predicted molar refractivity (Wildman–Crippen MR) is 88.9 cm³/mol. The van der Waals surface area contributed by atoms with Crippen molar-refractivity contribution in [2.75, 3.05) is 38.7 Å². The van der Waals surface area contributed by atoms with Crippen molar-refractivity contribution in [1.29, 1.82) is 0 Å². The minimum atomic E-state index is -4.68. The van der Waals surface area contributed by atoms with Gasteiger partial charge in [0.05, 0.1) is 11.5 Å². The van der Waals surface area contributed by atoms with Crippen LogP contribution in [0.2, 0.25) is 0 Å². The molecule has 0 radical (unpaired) electrons. The van der Waals surface area contributed by atoms with E-state index in [1.165, 1.54) is 4.90 Å². The molecule has 1 aromatic rings. The van der Waals surface area contributed by atoms with Crippen LogP contribution in [-0.4, -0.2) is 65.3 Å². The molecule has 0 aromatic heterocycles. The molecule has 0 aliphatic heterocycles. The Balaban J connectivity index is 2.82. The molecule has 0 fully saturated rings. The van der Waals surface area contributed by atoms with Crippen molar-refractivity contribution in [3.8, 4) is 0 Å². The van der Waals surface area contributed by atoms with E-state index >= 15 is 0 Å². The van der Waals surface area contributed by atoms with Gasteiger partial charge in [-0.1, -0.05) is 24.3 Å². The molecular weight excluding hydrogens is 362 g/mol. The van der Waals surface area contributed by atoms with E-state index in [0.717, 1.165) is 11.1 Å². The summed E-state index contributed by atoms with van der Waals surface area (Å²) in [6.45, 7) is 0.469. The third-order valence-corrected chi connectivity index (χ3v) is 4.54. The molecule has 0 spiro atoms. The van der Waals surface area contributed by atoms with Crippen molar-refractivity contribution in [2.45, 2.75) is 13.1 Å². The molecule has 1 rings (SSSR count). The van der Waals surface area contributed by atoms with Gasteiger partial charge < -0.3 is 4.90 Å². The van der Waals surface area contributed by atoms with Gasteiger partial charge in [-0.3, -0.25) is 4.90 Å². The average Bonchev–Trinajstić information content (AvgIpc) is 2.39. The zero-order valence-corrected chi connectivity index (χ0v) is 15.3. The second-order valence-corrected chi connectivity index (χ2v) is 8.79. The van der Waals surface area contributed by atoms with E-state index in [1.807, 2.05) is 37.2 Å². The Bertz CT molecular complexity index is 701. The van der Waals surface area contributed by atoms with Gasteiger partial charge >= 0.3 is 20.4 Å². The molecule has 24 heavy (non-hydrogen) atoms. The maximum atomic E-state index is 12.7. The zero-order chi connectivity index (χ0) is 18.4. The third kappa shape index (κ3) is 9.91. The number of rotatable bonds is 10. The van der Waals surface area contributed by atoms with Crippen molar-refractivity contribution < 1.29 is 24.6 Å². The summed E-state index contributed by atoms with van der Waals surface area (Å²) >= 11 is 0. The lowest BCUT2D eigenvalue weighted by Crippen LogP contribution is -2.32. The SMILES string of the molecule is CN(C)Cc1cccc(CN(CCS(=O)(=O)F)CCS(=O)(=O)F)c1. The Kier molecular flexibility index (Phi) is 7.71. The molecule has 0 aliphatic rings. The molecule has 0 saturated heterocycles. The van der Waals surface area contributed by atoms with Crippen LogP contribution in [0.4, 0.5) is 7.77 Å². The van der Waals surface area contributed by atoms with E-state index in [4.69, 9.17) is 0 Å². The molecule has 0 aliphatic carbocycles. The van der Waals surface area contributed by atoms with E-state index < -0.39 is 32.0 Å². The van der Waals surface area contributed by atoms with Crippen LogP contribution in [0.3, 0.4) is 0 Å². The maximum Gasteiger partial charge on any atom is 0.303 e. The number of hydrogen-bond donors (Lipinski definition) is 0. The topological polar surface area (TPSA) is 74.8 Å². The Morgan fingerprint density at radius 1 is 0.875 bits per heavy atom. The molecule has 0 saturated carbocycles. The monoisotopic (exact) mass is 384 g/mol. The minimum Gasteiger partial charge on any atom is -0.305 e. The molecule has 0 N–H and O–H groups in total. The summed E-state index contributed by atoms with van der Waals surface area (Å²) in [5, 5.41) is 0. The number of nitrogens with zero attached hydrogens (tertiary/aromatic N) is 2. The minimum absolute atomic E-state index is 0.201. The molecule has 0 heterocycles. The van der Waals surface area contributed by atoms with Gasteiger partial charge in [0, 0.05) is 26.2 Å². The van der Waals surface area contributed by atoms with Gasteiger partial charge in [0.15, 0.2) is 0 Å². The van der Waals surface area contributed by atoms with Crippen molar-refractivity contribution in [3.05, 3.63) is 35.4 Å². The first-order valence-electron chi connectivity index (χ1n) is 7.24. The second-order valence-electron chi connectivity index (χ2n) is 5.82. The Labute approximate surface area is 142 Å². The molecule has 6 nitrogen and oxygen atoms in total. The normalized spacial score (nSPS) is 12.9. The molecule has 138 valence electrons. The number of halogens is 2. The van der Waals surface area contributed by atoms with Gasteiger partial charge in [-0.2, -0.15) is 16.8 Å². The van der Waals surface area contributed by atoms with Crippen LogP contribution in [0.25, 0.3) is 0 Å². The first-order valence-corrected chi connectivity index (χ1v) is 10.3. The van der Waals surface area contributed by atoms with E-state index in [9.17, 15) is 24.6 Å². The number of hydrogen-bond acceptors (Lipinski definition) is 6. The van der Waals surface area contributed by atoms with Crippen LogP contribution in [0.15, 0.2) is 24.3 Å². The lowest BCUT2D eigenvalue weighted by molar-refractivity contribution is 0.295. The highest BCUT2D eigenvalue weighted by Gasteiger charge is 2.16. The van der Waals surface area contributed by atoms with Crippen LogP contribution in [-0.2, 0) is 33.5 Å². The fourth-order valence-electron chi connectivity index (χ4n) is 2.20. The average molecular weight is 384 g/mol. The van der Waals surface area contributed by atoms with Crippen molar-refractivity contribution in [1.82, 2.24) is 9.80 Å². The predicted octanol–water partition coefficient (Wildman–Crippen LogP) is 1.15. The summed E-state index contributed by atoms with van der Waals surface area (Å²) in [6.07, 6.45) is 0. The first-order chi connectivity index (χ1) is 10.9. The van der Waals surface area contributed by atoms with Gasteiger partial charge in [0.1, 0.15) is 0 Å². The molecule has 0 bridgehead atoms. The molecule has 0 atom stereocenters. The van der Waals surface area contributed by atoms with Gasteiger partial charge in [-0.25, -0.2) is 0 Å². The fraction of sp³-hybridized carbons (Fsp3) is 0.571. The van der Waals surface area contributed by atoms with Crippen molar-refractivity contribution >= 4 is 20.4 Å². The van der Waals surface area contributed by atoms with Crippen LogP contribution in [0.5, 0.6) is 0 Å². The van der Waals surface area contributed by atoms with Crippen LogP contribution < -0.4 is 0 Å². The smallest absolute Gasteiger partial charge is 0.303 e. The van der Waals surface area contributed by atoms with Crippen LogP contribution in [0, 0.1) is 0 Å². The summed E-state index contributed by atoms with van der Waals surface area (Å²) < 4.78 is 68.1. The Morgan fingerprint density at radius 3 is 1.75 bits per heavy atom. The molecule has 0 unspecified atom stereocenters. The van der Waals surface area contributed by atoms with E-state index in [0.29, 0.717) is 6.54 Å². The summed E-state index contributed by atoms with van der Waals surface area (Å²) in [7, 11) is -5.53. The highest BCUT2D eigenvalue weighted by atomic mass is 32.3. The van der Waals surface area contributed by atoms with Crippen molar-refractivity contribution in [2.24, 2.45) is 0 Å². The third-order valence-electron chi connectivity index (χ3n) is 3.20. The maximum absolute atomic E-state index is 12.7. The van der Waals surface area contributed by atoms with E-state index in [1.54, 1.807) is 6.07 Å². The lowest BCUT2D eigenvalue weighted by Gasteiger charge is -2.21. The van der Waals surface area contributed by atoms with Gasteiger partial charge in [-0.15, -0.1) is 7.77 Å². The molecular formula is C14H22F2N2O4S2. The standard InChI is InChI=1S/C14H22F2N2O4S2/c1-17(2)11-13-4-3-5-14(10-13)12-18(6-8-23(15,19)20)7-9-24(16,21)22/h3-5,10H,6-9,11-12H2,1-2H3. The number of benzene rings is 1. The fourth-order valence-corrected chi connectivity index (χ4v) is 3.15. The summed E-state index contributed by atoms with van der Waals surface area (Å²) in [6, 6.07) is 7.43. The van der Waals surface area contributed by atoms with E-state index in [-0.39, 0.29) is 19.6 Å². The summed E-state index contributed by atoms with van der Waals surface area (Å²) in [5.74, 6) is -1.53. The molecule has 1 aromatic carbocycles. The van der Waals surface area contributed by atoms with Crippen molar-refractivity contribution in [3.63, 3.8) is 0 Å². The second kappa shape index (κ2) is 8.84. The summed E-state index contributed by atoms with van der Waals surface area (Å²) in [5.41, 5.74) is 1.83. The quantitative estimate of drug-likeness (QED) is 0.564. The summed E-state index contributed by atoms with van der Waals surface area (Å²) in [4.78, 5) is 3.38. The molecule has 0 amide bonds. The van der Waals surface area contributed by atoms with Gasteiger partial charge in [0.2, 0.25) is 0 Å². The first kappa shape index (κ1) is 20.9. The highest BCUT2D eigenvalue weighted by Crippen LogP contribution is 2.11. The Morgan fingerprint density at radius 2 is 1.33 bits per heavy atom. The van der Waals surface area contributed by atoms with Gasteiger partial charge in [-0.05, 0) is 25.2 Å². The van der Waals surface area contributed by atoms with Crippen LogP contribution in [0.1, 0.15) is 11.1 Å². The zero-order valence-electron chi connectivity index (χ0n) is 13.7. The lowest BCUT2D eigenvalue weighted by atomic mass is 10.1. The van der Waals surface area contributed by atoms with Crippen LogP contribution >= 0.6 is 0 Å². The van der Waals surface area contributed by atoms with Gasteiger partial charge in [0.25, 0.3) is 0 Å². The highest BCUT2D eigenvalue weighted by molar-refractivity contribution is 7.86. The molecule has 10 heteroatoms. The Hall–Kier alpha value is -1.10. The van der Waals surface area contributed by atoms with E-state index in [2.05, 4.69) is 0 Å².